The topological polar surface area (TPSA) is 28.9 Å². The van der Waals surface area contributed by atoms with Crippen molar-refractivity contribution in [3.05, 3.63) is 170 Å². The van der Waals surface area contributed by atoms with Crippen LogP contribution in [0.1, 0.15) is 0 Å². The van der Waals surface area contributed by atoms with Crippen LogP contribution in [0.3, 0.4) is 0 Å². The minimum absolute atomic E-state index is 0.917. The first-order chi connectivity index (χ1) is 25.2. The number of rotatable bonds is 4. The number of para-hydroxylation sites is 3. The average molecular weight is 668 g/mol. The smallest absolute Gasteiger partial charge is 0.143 e. The quantitative estimate of drug-likeness (QED) is 0.199. The van der Waals surface area contributed by atoms with Crippen LogP contribution < -0.4 is 0 Å². The monoisotopic (exact) mass is 667 g/mol. The van der Waals surface area contributed by atoms with Gasteiger partial charge in [0.2, 0.25) is 0 Å². The number of benzene rings is 8. The van der Waals surface area contributed by atoms with E-state index < -0.39 is 0 Å². The zero-order valence-corrected chi connectivity index (χ0v) is 28.3. The highest BCUT2D eigenvalue weighted by molar-refractivity contribution is 7.25. The number of nitrogens with one attached hydrogen (secondary N) is 1. The number of hydrogen-bond donors (Lipinski definition) is 1. The molecule has 1 N–H and O–H groups in total. The van der Waals surface area contributed by atoms with Crippen molar-refractivity contribution in [1.29, 1.82) is 0 Å². The maximum Gasteiger partial charge on any atom is 0.143 e. The number of thiophene rings is 1. The van der Waals surface area contributed by atoms with Gasteiger partial charge in [0.1, 0.15) is 11.2 Å². The predicted molar refractivity (Wildman–Crippen MR) is 218 cm³/mol. The molecular formula is C48H29NOS. The molecule has 2 nitrogen and oxygen atoms in total. The fraction of sp³-hybridized carbons (Fsp3) is 0. The Morgan fingerprint density at radius 3 is 1.82 bits per heavy atom. The average Bonchev–Trinajstić information content (AvgIpc) is 3.89. The summed E-state index contributed by atoms with van der Waals surface area (Å²) in [7, 11) is 0. The van der Waals surface area contributed by atoms with Crippen molar-refractivity contribution in [2.24, 2.45) is 0 Å². The van der Waals surface area contributed by atoms with Gasteiger partial charge in [0.25, 0.3) is 0 Å². The van der Waals surface area contributed by atoms with E-state index in [1.54, 1.807) is 0 Å². The van der Waals surface area contributed by atoms with Crippen LogP contribution in [0.25, 0.3) is 108 Å². The lowest BCUT2D eigenvalue weighted by Crippen LogP contribution is -1.85. The van der Waals surface area contributed by atoms with Gasteiger partial charge in [-0.05, 0) is 81.9 Å². The van der Waals surface area contributed by atoms with Crippen LogP contribution >= 0.6 is 11.3 Å². The third-order valence-electron chi connectivity index (χ3n) is 10.4. The Labute approximate surface area is 297 Å². The third kappa shape index (κ3) is 4.49. The first kappa shape index (κ1) is 28.4. The summed E-state index contributed by atoms with van der Waals surface area (Å²) in [6, 6.07) is 61.5. The van der Waals surface area contributed by atoms with Crippen molar-refractivity contribution in [2.75, 3.05) is 0 Å². The molecule has 0 bridgehead atoms. The molecule has 0 saturated carbocycles. The Balaban J connectivity index is 0.987. The second kappa shape index (κ2) is 11.0. The molecule has 238 valence electrons. The lowest BCUT2D eigenvalue weighted by atomic mass is 9.95. The number of hydrogen-bond acceptors (Lipinski definition) is 2. The van der Waals surface area contributed by atoms with Crippen LogP contribution in [0.4, 0.5) is 0 Å². The van der Waals surface area contributed by atoms with E-state index in [9.17, 15) is 0 Å². The maximum absolute atomic E-state index is 6.40. The summed E-state index contributed by atoms with van der Waals surface area (Å²) in [5.41, 5.74) is 13.6. The second-order valence-corrected chi connectivity index (χ2v) is 14.4. The Morgan fingerprint density at radius 2 is 0.961 bits per heavy atom. The minimum atomic E-state index is 0.917. The van der Waals surface area contributed by atoms with Gasteiger partial charge in [-0.25, -0.2) is 0 Å². The van der Waals surface area contributed by atoms with Crippen molar-refractivity contribution in [2.45, 2.75) is 0 Å². The van der Waals surface area contributed by atoms with E-state index in [2.05, 4.69) is 163 Å². The van der Waals surface area contributed by atoms with Crippen LogP contribution in [-0.2, 0) is 0 Å². The highest BCUT2D eigenvalue weighted by Gasteiger charge is 2.15. The molecule has 0 amide bonds. The summed E-state index contributed by atoms with van der Waals surface area (Å²) in [6.07, 6.45) is 0. The molecule has 0 aliphatic heterocycles. The molecule has 11 aromatic rings. The van der Waals surface area contributed by atoms with E-state index in [0.29, 0.717) is 0 Å². The summed E-state index contributed by atoms with van der Waals surface area (Å²) in [5.74, 6) is 0. The van der Waals surface area contributed by atoms with Crippen molar-refractivity contribution in [1.82, 2.24) is 4.98 Å². The third-order valence-corrected chi connectivity index (χ3v) is 11.6. The Bertz CT molecular complexity index is 3160. The molecule has 0 saturated heterocycles. The first-order valence-corrected chi connectivity index (χ1v) is 18.1. The summed E-state index contributed by atoms with van der Waals surface area (Å²) >= 11 is 1.86. The van der Waals surface area contributed by atoms with Gasteiger partial charge in [-0.15, -0.1) is 11.3 Å². The molecular weight excluding hydrogens is 639 g/mol. The number of aromatic amines is 1. The molecule has 51 heavy (non-hydrogen) atoms. The van der Waals surface area contributed by atoms with Gasteiger partial charge in [0, 0.05) is 58.4 Å². The molecule has 3 aromatic heterocycles. The van der Waals surface area contributed by atoms with Gasteiger partial charge in [-0.2, -0.15) is 0 Å². The SMILES string of the molecule is c1cc(-c2cccc(-c3cccc4c3[nH]c3ccc(-c5cccc6c5oc5ccccc56)cc34)c2)cc(-c2ccc3sc4ccccc4c3c2)c1. The van der Waals surface area contributed by atoms with Crippen molar-refractivity contribution >= 4 is 75.3 Å². The zero-order chi connectivity index (χ0) is 33.5. The van der Waals surface area contributed by atoms with Crippen molar-refractivity contribution < 1.29 is 4.42 Å². The molecule has 0 radical (unpaired) electrons. The molecule has 11 rings (SSSR count). The molecule has 0 spiro atoms. The molecule has 0 aliphatic carbocycles. The lowest BCUT2D eigenvalue weighted by Gasteiger charge is -2.10. The lowest BCUT2D eigenvalue weighted by molar-refractivity contribution is 0.670. The molecule has 3 heterocycles. The largest absolute Gasteiger partial charge is 0.455 e. The van der Waals surface area contributed by atoms with Gasteiger partial charge < -0.3 is 9.40 Å². The highest BCUT2D eigenvalue weighted by atomic mass is 32.1. The number of aromatic nitrogens is 1. The van der Waals surface area contributed by atoms with Gasteiger partial charge >= 0.3 is 0 Å². The molecule has 0 unspecified atom stereocenters. The van der Waals surface area contributed by atoms with E-state index in [1.807, 2.05) is 23.5 Å². The minimum Gasteiger partial charge on any atom is -0.455 e. The van der Waals surface area contributed by atoms with Crippen LogP contribution in [0.15, 0.2) is 174 Å². The molecule has 0 fully saturated rings. The second-order valence-electron chi connectivity index (χ2n) is 13.4. The van der Waals surface area contributed by atoms with E-state index in [4.69, 9.17) is 4.42 Å². The number of furan rings is 1. The maximum atomic E-state index is 6.40. The molecule has 3 heteroatoms. The fourth-order valence-corrected chi connectivity index (χ4v) is 9.04. The summed E-state index contributed by atoms with van der Waals surface area (Å²) in [4.78, 5) is 3.77. The van der Waals surface area contributed by atoms with Gasteiger partial charge in [0.15, 0.2) is 0 Å². The van der Waals surface area contributed by atoms with Crippen LogP contribution in [0, 0.1) is 0 Å². The predicted octanol–water partition coefficient (Wildman–Crippen LogP) is 14.3. The molecule has 8 aromatic carbocycles. The van der Waals surface area contributed by atoms with E-state index in [1.165, 1.54) is 64.3 Å². The first-order valence-electron chi connectivity index (χ1n) is 17.3. The summed E-state index contributed by atoms with van der Waals surface area (Å²) in [6.45, 7) is 0. The fourth-order valence-electron chi connectivity index (χ4n) is 7.96. The Kier molecular flexibility index (Phi) is 6.16. The Morgan fingerprint density at radius 1 is 0.373 bits per heavy atom. The van der Waals surface area contributed by atoms with E-state index >= 15 is 0 Å². The summed E-state index contributed by atoms with van der Waals surface area (Å²) < 4.78 is 9.06. The van der Waals surface area contributed by atoms with Crippen LogP contribution in [0.2, 0.25) is 0 Å². The summed E-state index contributed by atoms with van der Waals surface area (Å²) in [5, 5.41) is 7.36. The van der Waals surface area contributed by atoms with Gasteiger partial charge in [-0.3, -0.25) is 0 Å². The van der Waals surface area contributed by atoms with Gasteiger partial charge in [-0.1, -0.05) is 121 Å². The number of H-pyrrole nitrogens is 1. The van der Waals surface area contributed by atoms with Crippen LogP contribution in [0.5, 0.6) is 0 Å². The van der Waals surface area contributed by atoms with E-state index in [0.717, 1.165) is 44.1 Å². The molecule has 0 aliphatic rings. The normalized spacial score (nSPS) is 11.9. The molecule has 0 atom stereocenters. The van der Waals surface area contributed by atoms with E-state index in [-0.39, 0.29) is 0 Å². The zero-order valence-electron chi connectivity index (χ0n) is 27.5. The number of fused-ring (bicyclic) bond motifs is 9. The highest BCUT2D eigenvalue weighted by Crippen LogP contribution is 2.41. The van der Waals surface area contributed by atoms with Crippen molar-refractivity contribution in [3.8, 4) is 44.5 Å². The Hall–Kier alpha value is -6.42. The standard InChI is InChI=1S/C48H29NOS/c1-3-19-44-37(13-1)40-18-8-16-36(48(40)50-44)34-21-23-43-41(28-34)39-17-7-15-35(47(39)49-43)33-12-6-11-31(26-33)29-9-5-10-30(25-29)32-22-24-46-42(27-32)38-14-2-4-20-45(38)51-46/h1-28,49H. The van der Waals surface area contributed by atoms with Crippen LogP contribution in [-0.4, -0.2) is 4.98 Å². The van der Waals surface area contributed by atoms with Crippen molar-refractivity contribution in [3.63, 3.8) is 0 Å². The van der Waals surface area contributed by atoms with Gasteiger partial charge in [0.05, 0.1) is 5.52 Å².